The number of halogens is 4. The van der Waals surface area contributed by atoms with Crippen molar-refractivity contribution in [1.29, 1.82) is 0 Å². The number of carbonyl (C=O) groups excluding carboxylic acids is 1. The molecule has 1 amide bonds. The number of aromatic carboxylic acids is 1. The lowest BCUT2D eigenvalue weighted by atomic mass is 10.1. The maximum absolute atomic E-state index is 13.6. The summed E-state index contributed by atoms with van der Waals surface area (Å²) in [5, 5.41) is 10.0. The van der Waals surface area contributed by atoms with E-state index >= 15 is 0 Å². The molecule has 1 aromatic rings. The molecule has 0 spiro atoms. The summed E-state index contributed by atoms with van der Waals surface area (Å²) in [5.41, 5.74) is -1.93. The number of benzene rings is 1. The number of rotatable bonds is 3. The molecule has 2 N–H and O–H groups in total. The van der Waals surface area contributed by atoms with Crippen molar-refractivity contribution in [2.45, 2.75) is 6.18 Å². The third kappa shape index (κ3) is 3.12. The van der Waals surface area contributed by atoms with Gasteiger partial charge in [-0.2, -0.15) is 13.2 Å². The van der Waals surface area contributed by atoms with Crippen molar-refractivity contribution in [2.75, 3.05) is 12.4 Å². The van der Waals surface area contributed by atoms with E-state index in [0.29, 0.717) is 0 Å². The lowest BCUT2D eigenvalue weighted by Crippen LogP contribution is -2.30. The molecule has 104 valence electrons. The minimum Gasteiger partial charge on any atom is -0.494 e. The molecule has 0 aliphatic carbocycles. The van der Waals surface area contributed by atoms with Gasteiger partial charge in [-0.1, -0.05) is 0 Å². The highest BCUT2D eigenvalue weighted by Crippen LogP contribution is 2.28. The van der Waals surface area contributed by atoms with Crippen molar-refractivity contribution in [3.8, 4) is 5.75 Å². The molecule has 1 aromatic carbocycles. The first-order valence-corrected chi connectivity index (χ1v) is 4.66. The van der Waals surface area contributed by atoms with Crippen molar-refractivity contribution in [1.82, 2.24) is 0 Å². The van der Waals surface area contributed by atoms with Crippen LogP contribution in [0.15, 0.2) is 12.1 Å². The van der Waals surface area contributed by atoms with Crippen LogP contribution in [0.4, 0.5) is 23.2 Å². The minimum atomic E-state index is -5.22. The van der Waals surface area contributed by atoms with Gasteiger partial charge in [0.2, 0.25) is 0 Å². The van der Waals surface area contributed by atoms with Gasteiger partial charge in [-0.15, -0.1) is 0 Å². The van der Waals surface area contributed by atoms with Crippen LogP contribution in [0.1, 0.15) is 10.4 Å². The van der Waals surface area contributed by atoms with Crippen molar-refractivity contribution in [3.05, 3.63) is 23.5 Å². The quantitative estimate of drug-likeness (QED) is 0.831. The van der Waals surface area contributed by atoms with Gasteiger partial charge in [-0.3, -0.25) is 4.79 Å². The van der Waals surface area contributed by atoms with E-state index in [0.717, 1.165) is 19.2 Å². The van der Waals surface area contributed by atoms with Crippen LogP contribution >= 0.6 is 0 Å². The number of carboxylic acids is 1. The fraction of sp³-hybridized carbons (Fsp3) is 0.200. The Bertz CT molecular complexity index is 527. The Hall–Kier alpha value is -2.32. The number of hydrogen-bond donors (Lipinski definition) is 2. The van der Waals surface area contributed by atoms with Gasteiger partial charge in [0.15, 0.2) is 11.6 Å². The van der Waals surface area contributed by atoms with Crippen molar-refractivity contribution in [2.24, 2.45) is 0 Å². The van der Waals surface area contributed by atoms with Gasteiger partial charge in [0, 0.05) is 0 Å². The monoisotopic (exact) mass is 281 g/mol. The minimum absolute atomic E-state index is 0.470. The van der Waals surface area contributed by atoms with E-state index in [-0.39, 0.29) is 0 Å². The van der Waals surface area contributed by atoms with Gasteiger partial charge >= 0.3 is 18.1 Å². The fourth-order valence-corrected chi connectivity index (χ4v) is 1.22. The molecular formula is C10H7F4NO4. The van der Waals surface area contributed by atoms with E-state index in [9.17, 15) is 27.2 Å². The molecule has 5 nitrogen and oxygen atoms in total. The lowest BCUT2D eigenvalue weighted by molar-refractivity contribution is -0.167. The van der Waals surface area contributed by atoms with Crippen LogP contribution in [0.2, 0.25) is 0 Å². The summed E-state index contributed by atoms with van der Waals surface area (Å²) in [4.78, 5) is 21.5. The van der Waals surface area contributed by atoms with E-state index in [1.165, 1.54) is 5.32 Å². The van der Waals surface area contributed by atoms with Gasteiger partial charge in [0.25, 0.3) is 0 Å². The number of nitrogens with one attached hydrogen (secondary N) is 1. The SMILES string of the molecule is COc1ccc(NC(=O)C(F)(F)F)c(C(=O)O)c1F. The first-order valence-electron chi connectivity index (χ1n) is 4.66. The zero-order valence-corrected chi connectivity index (χ0v) is 9.34. The topological polar surface area (TPSA) is 75.6 Å². The Kier molecular flexibility index (Phi) is 3.98. The Morgan fingerprint density at radius 2 is 1.89 bits per heavy atom. The summed E-state index contributed by atoms with van der Waals surface area (Å²) in [6.07, 6.45) is -5.22. The third-order valence-electron chi connectivity index (χ3n) is 2.05. The zero-order valence-electron chi connectivity index (χ0n) is 9.34. The molecule has 0 bridgehead atoms. The normalized spacial score (nSPS) is 11.0. The van der Waals surface area contributed by atoms with Crippen molar-refractivity contribution in [3.63, 3.8) is 0 Å². The van der Waals surface area contributed by atoms with Crippen LogP contribution in [0, 0.1) is 5.82 Å². The van der Waals surface area contributed by atoms with Gasteiger partial charge in [0.05, 0.1) is 12.8 Å². The first-order chi connectivity index (χ1) is 8.68. The lowest BCUT2D eigenvalue weighted by Gasteiger charge is -2.12. The second kappa shape index (κ2) is 5.12. The highest BCUT2D eigenvalue weighted by molar-refractivity contribution is 6.02. The van der Waals surface area contributed by atoms with Crippen LogP contribution in [0.25, 0.3) is 0 Å². The Morgan fingerprint density at radius 1 is 1.32 bits per heavy atom. The molecular weight excluding hydrogens is 274 g/mol. The molecule has 9 heteroatoms. The highest BCUT2D eigenvalue weighted by atomic mass is 19.4. The number of methoxy groups -OCH3 is 1. The molecule has 0 saturated carbocycles. The number of carboxylic acid groups (broad SMARTS) is 1. The molecule has 19 heavy (non-hydrogen) atoms. The predicted octanol–water partition coefficient (Wildman–Crippen LogP) is 2.03. The van der Waals surface area contributed by atoms with E-state index < -0.39 is 40.9 Å². The molecule has 0 radical (unpaired) electrons. The molecule has 0 unspecified atom stereocenters. The number of ether oxygens (including phenoxy) is 1. The second-order valence-corrected chi connectivity index (χ2v) is 3.26. The molecule has 0 atom stereocenters. The average Bonchev–Trinajstić information content (AvgIpc) is 2.27. The summed E-state index contributed by atoms with van der Waals surface area (Å²) < 4.78 is 54.2. The standard InChI is InChI=1S/C10H7F4NO4/c1-19-5-3-2-4(6(7(5)11)8(16)17)15-9(18)10(12,13)14/h2-3H,1H3,(H,15,18)(H,16,17). The van der Waals surface area contributed by atoms with Gasteiger partial charge in [0.1, 0.15) is 5.56 Å². The van der Waals surface area contributed by atoms with Gasteiger partial charge in [-0.05, 0) is 12.1 Å². The van der Waals surface area contributed by atoms with Crippen LogP contribution in [0.3, 0.4) is 0 Å². The molecule has 0 fully saturated rings. The van der Waals surface area contributed by atoms with Crippen LogP contribution in [-0.4, -0.2) is 30.3 Å². The fourth-order valence-electron chi connectivity index (χ4n) is 1.22. The molecule has 0 saturated heterocycles. The largest absolute Gasteiger partial charge is 0.494 e. The molecule has 0 aliphatic rings. The predicted molar refractivity (Wildman–Crippen MR) is 54.6 cm³/mol. The molecule has 0 aromatic heterocycles. The summed E-state index contributed by atoms with van der Waals surface area (Å²) in [6, 6.07) is 1.70. The van der Waals surface area contributed by atoms with E-state index in [1.807, 2.05) is 0 Å². The zero-order chi connectivity index (χ0) is 14.8. The van der Waals surface area contributed by atoms with Crippen molar-refractivity contribution < 1.29 is 37.0 Å². The number of carbonyl (C=O) groups is 2. The number of alkyl halides is 3. The van der Waals surface area contributed by atoms with Gasteiger partial charge in [-0.25, -0.2) is 9.18 Å². The molecule has 0 heterocycles. The summed E-state index contributed by atoms with van der Waals surface area (Å²) >= 11 is 0. The van der Waals surface area contributed by atoms with E-state index in [1.54, 1.807) is 0 Å². The maximum Gasteiger partial charge on any atom is 0.471 e. The van der Waals surface area contributed by atoms with Crippen LogP contribution in [0.5, 0.6) is 5.75 Å². The smallest absolute Gasteiger partial charge is 0.471 e. The first kappa shape index (κ1) is 14.7. The summed E-state index contributed by atoms with van der Waals surface area (Å²) in [6.45, 7) is 0. The highest BCUT2D eigenvalue weighted by Gasteiger charge is 2.39. The Morgan fingerprint density at radius 3 is 2.32 bits per heavy atom. The van der Waals surface area contributed by atoms with E-state index in [2.05, 4.69) is 4.74 Å². The summed E-state index contributed by atoms with van der Waals surface area (Å²) in [7, 11) is 1.05. The Labute approximate surface area is 103 Å². The van der Waals surface area contributed by atoms with Crippen LogP contribution in [-0.2, 0) is 4.79 Å². The third-order valence-corrected chi connectivity index (χ3v) is 2.05. The van der Waals surface area contributed by atoms with Gasteiger partial charge < -0.3 is 15.2 Å². The van der Waals surface area contributed by atoms with Crippen LogP contribution < -0.4 is 10.1 Å². The summed E-state index contributed by atoms with van der Waals surface area (Å²) in [5.74, 6) is -6.09. The van der Waals surface area contributed by atoms with E-state index in [4.69, 9.17) is 5.11 Å². The molecule has 1 rings (SSSR count). The number of anilines is 1. The molecule has 0 aliphatic heterocycles. The van der Waals surface area contributed by atoms with Crippen molar-refractivity contribution >= 4 is 17.6 Å². The Balaban J connectivity index is 3.26. The maximum atomic E-state index is 13.6. The number of hydrogen-bond acceptors (Lipinski definition) is 3. The second-order valence-electron chi connectivity index (χ2n) is 3.26. The number of amides is 1. The average molecular weight is 281 g/mol.